The highest BCUT2D eigenvalue weighted by molar-refractivity contribution is 7.16. The van der Waals surface area contributed by atoms with Crippen molar-refractivity contribution in [2.45, 2.75) is 0 Å². The first-order chi connectivity index (χ1) is 16.1. The molecular weight excluding hydrogens is 438 g/mol. The molecule has 0 saturated carbocycles. The first kappa shape index (κ1) is 20.1. The van der Waals surface area contributed by atoms with E-state index in [0.717, 1.165) is 42.4 Å². The Bertz CT molecular complexity index is 1360. The van der Waals surface area contributed by atoms with Gasteiger partial charge in [-0.2, -0.15) is 0 Å². The average Bonchev–Trinajstić information content (AvgIpc) is 3.26. The van der Waals surface area contributed by atoms with Gasteiger partial charge in [-0.1, -0.05) is 18.2 Å². The molecule has 2 saturated heterocycles. The second-order valence-electron chi connectivity index (χ2n) is 8.50. The summed E-state index contributed by atoms with van der Waals surface area (Å²) < 4.78 is 10.2. The van der Waals surface area contributed by atoms with Crippen LogP contribution in [0.4, 0.5) is 17.2 Å². The molecule has 0 radical (unpaired) electrons. The maximum Gasteiger partial charge on any atom is 0.337 e. The molecule has 2 aromatic heterocycles. The van der Waals surface area contributed by atoms with Gasteiger partial charge in [0, 0.05) is 30.0 Å². The Kier molecular flexibility index (Phi) is 4.74. The summed E-state index contributed by atoms with van der Waals surface area (Å²) in [6, 6.07) is 15.4. The highest BCUT2D eigenvalue weighted by Gasteiger charge is 2.49. The van der Waals surface area contributed by atoms with Crippen LogP contribution in [0.15, 0.2) is 54.0 Å². The molecule has 8 nitrogen and oxygen atoms in total. The molecule has 2 aliphatic rings. The molecule has 2 aromatic carbocycles. The molecule has 4 heterocycles. The number of nitrogens with zero attached hydrogens (tertiary/aromatic N) is 4. The fourth-order valence-corrected chi connectivity index (χ4v) is 4.98. The number of aromatic nitrogens is 3. The molecule has 2 aliphatic heterocycles. The molecule has 33 heavy (non-hydrogen) atoms. The Morgan fingerprint density at radius 1 is 1.15 bits per heavy atom. The van der Waals surface area contributed by atoms with Gasteiger partial charge in [0.2, 0.25) is 0 Å². The van der Waals surface area contributed by atoms with Crippen molar-refractivity contribution in [1.82, 2.24) is 15.0 Å². The van der Waals surface area contributed by atoms with E-state index in [1.165, 1.54) is 24.1 Å². The normalized spacial score (nSPS) is 16.3. The highest BCUT2D eigenvalue weighted by atomic mass is 32.1. The fraction of sp³-hybridized carbons (Fsp3) is 0.250. The van der Waals surface area contributed by atoms with Crippen LogP contribution in [0.25, 0.3) is 21.7 Å². The Balaban J connectivity index is 1.31. The molecule has 9 heteroatoms. The first-order valence-electron chi connectivity index (χ1n) is 10.6. The van der Waals surface area contributed by atoms with E-state index in [9.17, 15) is 4.79 Å². The Labute approximate surface area is 194 Å². The lowest BCUT2D eigenvalue weighted by molar-refractivity contribution is -0.127. The zero-order chi connectivity index (χ0) is 22.4. The van der Waals surface area contributed by atoms with E-state index in [1.54, 1.807) is 23.7 Å². The van der Waals surface area contributed by atoms with Crippen molar-refractivity contribution in [3.8, 4) is 11.4 Å². The third kappa shape index (κ3) is 3.59. The maximum atomic E-state index is 12.0. The van der Waals surface area contributed by atoms with Crippen LogP contribution in [-0.2, 0) is 9.47 Å². The van der Waals surface area contributed by atoms with Crippen molar-refractivity contribution in [1.29, 1.82) is 0 Å². The number of fused-ring (bicyclic) bond motifs is 1. The summed E-state index contributed by atoms with van der Waals surface area (Å²) in [5.41, 5.74) is 6.13. The van der Waals surface area contributed by atoms with E-state index in [4.69, 9.17) is 14.5 Å². The van der Waals surface area contributed by atoms with Gasteiger partial charge in [-0.3, -0.25) is 0 Å². The maximum absolute atomic E-state index is 12.0. The quantitative estimate of drug-likeness (QED) is 0.446. The van der Waals surface area contributed by atoms with Gasteiger partial charge >= 0.3 is 5.97 Å². The second kappa shape index (κ2) is 7.79. The largest absolute Gasteiger partial charge is 0.465 e. The van der Waals surface area contributed by atoms with Crippen LogP contribution in [0.2, 0.25) is 0 Å². The summed E-state index contributed by atoms with van der Waals surface area (Å²) in [5, 5.41) is 3.43. The third-order valence-electron chi connectivity index (χ3n) is 6.08. The minimum absolute atomic E-state index is 0.358. The number of nitrogens with one attached hydrogen (secondary N) is 1. The van der Waals surface area contributed by atoms with Crippen LogP contribution in [0.5, 0.6) is 0 Å². The van der Waals surface area contributed by atoms with Crippen LogP contribution in [-0.4, -0.2) is 54.3 Å². The lowest BCUT2D eigenvalue weighted by atomic mass is 9.78. The van der Waals surface area contributed by atoms with Crippen LogP contribution < -0.4 is 10.2 Å². The van der Waals surface area contributed by atoms with Gasteiger partial charge in [-0.15, -0.1) is 11.3 Å². The molecule has 0 atom stereocenters. The first-order valence-corrected chi connectivity index (χ1v) is 11.5. The number of anilines is 3. The van der Waals surface area contributed by atoms with Gasteiger partial charge in [0.1, 0.15) is 10.3 Å². The van der Waals surface area contributed by atoms with Crippen LogP contribution in [0.1, 0.15) is 10.4 Å². The number of hydrogen-bond acceptors (Lipinski definition) is 9. The zero-order valence-electron chi connectivity index (χ0n) is 17.9. The van der Waals surface area contributed by atoms with Crippen LogP contribution in [0, 0.1) is 5.41 Å². The minimum atomic E-state index is -0.396. The number of carbonyl (C=O) groups excluding carboxylic acids is 1. The van der Waals surface area contributed by atoms with E-state index in [2.05, 4.69) is 32.3 Å². The summed E-state index contributed by atoms with van der Waals surface area (Å²) in [4.78, 5) is 29.0. The standard InChI is InChI=1S/C24H21N5O3S/c1-31-23(30)16-5-2-4-15(8-16)20-27-21(19-22(28-20)33-14-25-19)26-17-6-3-7-18(9-17)29-10-24(11-29)12-32-13-24/h2-9,14H,10-13H2,1H3,(H,26,27,28). The average molecular weight is 460 g/mol. The molecule has 1 spiro atoms. The molecule has 2 fully saturated rings. The van der Waals surface area contributed by atoms with Gasteiger partial charge in [0.05, 0.1) is 36.8 Å². The minimum Gasteiger partial charge on any atom is -0.465 e. The predicted octanol–water partition coefficient (Wildman–Crippen LogP) is 4.12. The smallest absolute Gasteiger partial charge is 0.337 e. The van der Waals surface area contributed by atoms with Crippen molar-refractivity contribution in [2.24, 2.45) is 5.41 Å². The number of rotatable bonds is 5. The number of hydrogen-bond donors (Lipinski definition) is 1. The number of esters is 1. The molecule has 0 bridgehead atoms. The van der Waals surface area contributed by atoms with E-state index in [0.29, 0.717) is 28.1 Å². The molecule has 1 N–H and O–H groups in total. The van der Waals surface area contributed by atoms with Crippen molar-refractivity contribution in [3.05, 3.63) is 59.6 Å². The predicted molar refractivity (Wildman–Crippen MR) is 127 cm³/mol. The highest BCUT2D eigenvalue weighted by Crippen LogP contribution is 2.41. The lowest BCUT2D eigenvalue weighted by Gasteiger charge is -2.56. The number of ether oxygens (including phenoxy) is 2. The number of thiazole rings is 1. The molecular formula is C24H21N5O3S. The van der Waals surface area contributed by atoms with Gasteiger partial charge in [0.15, 0.2) is 11.6 Å². The second-order valence-corrected chi connectivity index (χ2v) is 9.33. The Morgan fingerprint density at radius 3 is 2.79 bits per heavy atom. The van der Waals surface area contributed by atoms with Crippen LogP contribution >= 0.6 is 11.3 Å². The zero-order valence-corrected chi connectivity index (χ0v) is 18.8. The number of benzene rings is 2. The van der Waals surface area contributed by atoms with Crippen molar-refractivity contribution in [2.75, 3.05) is 43.6 Å². The van der Waals surface area contributed by atoms with Gasteiger partial charge < -0.3 is 19.7 Å². The fourth-order valence-electron chi connectivity index (χ4n) is 4.32. The van der Waals surface area contributed by atoms with Crippen molar-refractivity contribution in [3.63, 3.8) is 0 Å². The van der Waals surface area contributed by atoms with Gasteiger partial charge in [-0.05, 0) is 30.3 Å². The molecule has 0 unspecified atom stereocenters. The summed E-state index contributed by atoms with van der Waals surface area (Å²) >= 11 is 1.45. The number of carbonyl (C=O) groups is 1. The molecule has 6 rings (SSSR count). The van der Waals surface area contributed by atoms with E-state index >= 15 is 0 Å². The van der Waals surface area contributed by atoms with Crippen LogP contribution in [0.3, 0.4) is 0 Å². The van der Waals surface area contributed by atoms with E-state index in [1.807, 2.05) is 18.2 Å². The molecule has 0 amide bonds. The summed E-state index contributed by atoms with van der Waals surface area (Å²) in [6.45, 7) is 3.79. The summed E-state index contributed by atoms with van der Waals surface area (Å²) in [7, 11) is 1.37. The van der Waals surface area contributed by atoms with Crippen molar-refractivity contribution < 1.29 is 14.3 Å². The van der Waals surface area contributed by atoms with E-state index < -0.39 is 5.97 Å². The Morgan fingerprint density at radius 2 is 2.00 bits per heavy atom. The summed E-state index contributed by atoms with van der Waals surface area (Å²) in [5.74, 6) is 0.752. The van der Waals surface area contributed by atoms with Gasteiger partial charge in [-0.25, -0.2) is 19.7 Å². The Hall–Kier alpha value is -3.56. The third-order valence-corrected chi connectivity index (χ3v) is 6.80. The van der Waals surface area contributed by atoms with Crippen molar-refractivity contribution >= 4 is 44.8 Å². The monoisotopic (exact) mass is 459 g/mol. The number of methoxy groups -OCH3 is 1. The molecule has 166 valence electrons. The van der Waals surface area contributed by atoms with E-state index in [-0.39, 0.29) is 0 Å². The molecule has 0 aliphatic carbocycles. The summed E-state index contributed by atoms with van der Waals surface area (Å²) in [6.07, 6.45) is 0. The topological polar surface area (TPSA) is 89.5 Å². The SMILES string of the molecule is COC(=O)c1cccc(-c2nc(Nc3cccc(N4CC5(COC5)C4)c3)c3ncsc3n2)c1. The van der Waals surface area contributed by atoms with Gasteiger partial charge in [0.25, 0.3) is 0 Å². The lowest BCUT2D eigenvalue weighted by Crippen LogP contribution is -2.66. The molecule has 4 aromatic rings.